The molecule has 8 heteroatoms. The van der Waals surface area contributed by atoms with Crippen LogP contribution in [0.25, 0.3) is 10.9 Å². The molecule has 0 spiro atoms. The Hall–Kier alpha value is -3.16. The van der Waals surface area contributed by atoms with Crippen LogP contribution < -0.4 is 10.6 Å². The summed E-state index contributed by atoms with van der Waals surface area (Å²) in [7, 11) is 0. The summed E-state index contributed by atoms with van der Waals surface area (Å²) in [6.45, 7) is 1.73. The van der Waals surface area contributed by atoms with Crippen LogP contribution in [0.15, 0.2) is 30.5 Å². The number of fused-ring (bicyclic) bond motifs is 1. The molecule has 1 aliphatic carbocycles. The van der Waals surface area contributed by atoms with E-state index in [4.69, 9.17) is 0 Å². The van der Waals surface area contributed by atoms with Crippen molar-refractivity contribution in [3.63, 3.8) is 0 Å². The van der Waals surface area contributed by atoms with Gasteiger partial charge in [0.15, 0.2) is 5.69 Å². The highest BCUT2D eigenvalue weighted by Crippen LogP contribution is 2.21. The van der Waals surface area contributed by atoms with E-state index in [1.165, 1.54) is 0 Å². The summed E-state index contributed by atoms with van der Waals surface area (Å²) in [6, 6.07) is 7.34. The van der Waals surface area contributed by atoms with Crippen LogP contribution in [0.4, 0.5) is 0 Å². The summed E-state index contributed by atoms with van der Waals surface area (Å²) in [4.78, 5) is 28.5. The van der Waals surface area contributed by atoms with E-state index >= 15 is 0 Å². The SMILES string of the molecule is Cc1n[nH]nc1C(=O)N[C@@H]1CCCC[C@H]1NC(=O)c1cccc2cc[nH]c12. The lowest BCUT2D eigenvalue weighted by Crippen LogP contribution is -2.53. The van der Waals surface area contributed by atoms with Crippen LogP contribution in [0.2, 0.25) is 0 Å². The number of para-hydroxylation sites is 1. The van der Waals surface area contributed by atoms with Crippen molar-refractivity contribution >= 4 is 22.7 Å². The van der Waals surface area contributed by atoms with Gasteiger partial charge in [0.2, 0.25) is 0 Å². The van der Waals surface area contributed by atoms with E-state index in [-0.39, 0.29) is 23.9 Å². The average Bonchev–Trinajstić information content (AvgIpc) is 3.31. The molecule has 27 heavy (non-hydrogen) atoms. The number of aryl methyl sites for hydroxylation is 1. The Balaban J connectivity index is 1.49. The number of aromatic amines is 2. The van der Waals surface area contributed by atoms with Gasteiger partial charge in [-0.05, 0) is 31.9 Å². The first-order valence-corrected chi connectivity index (χ1v) is 9.18. The van der Waals surface area contributed by atoms with Gasteiger partial charge in [0.25, 0.3) is 11.8 Å². The molecule has 8 nitrogen and oxygen atoms in total. The number of aromatic nitrogens is 4. The van der Waals surface area contributed by atoms with Crippen LogP contribution >= 0.6 is 0 Å². The zero-order valence-corrected chi connectivity index (χ0v) is 15.1. The fourth-order valence-electron chi connectivity index (χ4n) is 3.73. The fraction of sp³-hybridized carbons (Fsp3) is 0.368. The second-order valence-electron chi connectivity index (χ2n) is 6.95. The minimum atomic E-state index is -0.265. The van der Waals surface area contributed by atoms with Crippen molar-refractivity contribution in [3.05, 3.63) is 47.4 Å². The first-order chi connectivity index (χ1) is 13.1. The second-order valence-corrected chi connectivity index (χ2v) is 6.95. The average molecular weight is 366 g/mol. The highest BCUT2D eigenvalue weighted by atomic mass is 16.2. The minimum Gasteiger partial charge on any atom is -0.361 e. The maximum absolute atomic E-state index is 12.9. The minimum absolute atomic E-state index is 0.118. The lowest BCUT2D eigenvalue weighted by molar-refractivity contribution is 0.0860. The highest BCUT2D eigenvalue weighted by Gasteiger charge is 2.29. The Labute approximate surface area is 156 Å². The number of H-pyrrole nitrogens is 2. The van der Waals surface area contributed by atoms with Gasteiger partial charge in [-0.2, -0.15) is 15.4 Å². The van der Waals surface area contributed by atoms with Gasteiger partial charge >= 0.3 is 0 Å². The molecule has 2 atom stereocenters. The molecule has 0 bridgehead atoms. The Morgan fingerprint density at radius 1 is 1.04 bits per heavy atom. The zero-order valence-electron chi connectivity index (χ0n) is 15.1. The number of hydrogen-bond acceptors (Lipinski definition) is 4. The molecule has 0 aliphatic heterocycles. The number of carbonyl (C=O) groups excluding carboxylic acids is 2. The van der Waals surface area contributed by atoms with Gasteiger partial charge in [-0.3, -0.25) is 9.59 Å². The summed E-state index contributed by atoms with van der Waals surface area (Å²) in [6.07, 6.45) is 5.51. The Bertz CT molecular complexity index is 975. The van der Waals surface area contributed by atoms with Crippen molar-refractivity contribution in [2.75, 3.05) is 0 Å². The first-order valence-electron chi connectivity index (χ1n) is 9.18. The Morgan fingerprint density at radius 3 is 2.48 bits per heavy atom. The predicted octanol–water partition coefficient (Wildman–Crippen LogP) is 2.07. The molecule has 1 fully saturated rings. The molecule has 0 radical (unpaired) electrons. The van der Waals surface area contributed by atoms with Crippen molar-refractivity contribution in [1.82, 2.24) is 31.0 Å². The van der Waals surface area contributed by atoms with Gasteiger partial charge in [0.1, 0.15) is 0 Å². The fourth-order valence-corrected chi connectivity index (χ4v) is 3.73. The normalized spacial score (nSPS) is 19.7. The van der Waals surface area contributed by atoms with E-state index in [1.54, 1.807) is 6.92 Å². The Morgan fingerprint density at radius 2 is 1.78 bits per heavy atom. The van der Waals surface area contributed by atoms with Crippen molar-refractivity contribution < 1.29 is 9.59 Å². The van der Waals surface area contributed by atoms with E-state index in [2.05, 4.69) is 31.0 Å². The Kier molecular flexibility index (Phi) is 4.62. The molecule has 3 aromatic rings. The largest absolute Gasteiger partial charge is 0.361 e. The van der Waals surface area contributed by atoms with Crippen LogP contribution in [-0.4, -0.2) is 44.3 Å². The number of nitrogens with zero attached hydrogens (tertiary/aromatic N) is 2. The first kappa shape index (κ1) is 17.3. The quantitative estimate of drug-likeness (QED) is 0.566. The van der Waals surface area contributed by atoms with Gasteiger partial charge in [-0.25, -0.2) is 0 Å². The summed E-state index contributed by atoms with van der Waals surface area (Å²) < 4.78 is 0. The van der Waals surface area contributed by atoms with Crippen molar-refractivity contribution in [3.8, 4) is 0 Å². The third-order valence-corrected chi connectivity index (χ3v) is 5.17. The van der Waals surface area contributed by atoms with E-state index < -0.39 is 0 Å². The highest BCUT2D eigenvalue weighted by molar-refractivity contribution is 6.05. The van der Waals surface area contributed by atoms with Crippen LogP contribution in [0.5, 0.6) is 0 Å². The number of nitrogens with one attached hydrogen (secondary N) is 4. The molecular weight excluding hydrogens is 344 g/mol. The third kappa shape index (κ3) is 3.42. The molecular formula is C19H22N6O2. The molecule has 2 amide bonds. The molecule has 0 unspecified atom stereocenters. The van der Waals surface area contributed by atoms with Gasteiger partial charge in [-0.1, -0.05) is 25.0 Å². The van der Waals surface area contributed by atoms with Gasteiger partial charge in [0.05, 0.1) is 16.8 Å². The van der Waals surface area contributed by atoms with E-state index in [0.29, 0.717) is 17.0 Å². The standard InChI is InChI=1S/C19H22N6O2/c1-11-16(24-25-23-11)19(27)22-15-8-3-2-7-14(15)21-18(26)13-6-4-5-12-9-10-20-17(12)13/h4-6,9-10,14-15,20H,2-3,7-8H2,1H3,(H,21,26)(H,22,27)(H,23,24,25)/t14-,15-/m1/s1. The summed E-state index contributed by atoms with van der Waals surface area (Å²) in [5.41, 5.74) is 2.29. The summed E-state index contributed by atoms with van der Waals surface area (Å²) in [5.74, 6) is -0.398. The van der Waals surface area contributed by atoms with Crippen LogP contribution in [0, 0.1) is 6.92 Å². The van der Waals surface area contributed by atoms with Crippen molar-refractivity contribution in [2.45, 2.75) is 44.7 Å². The molecule has 4 N–H and O–H groups in total. The molecule has 1 aliphatic rings. The second kappa shape index (κ2) is 7.22. The molecule has 4 rings (SSSR count). The maximum Gasteiger partial charge on any atom is 0.274 e. The molecule has 1 saturated carbocycles. The molecule has 2 aromatic heterocycles. The van der Waals surface area contributed by atoms with Gasteiger partial charge in [-0.15, -0.1) is 0 Å². The smallest absolute Gasteiger partial charge is 0.274 e. The van der Waals surface area contributed by atoms with Crippen LogP contribution in [-0.2, 0) is 0 Å². The topological polar surface area (TPSA) is 116 Å². The van der Waals surface area contributed by atoms with Crippen molar-refractivity contribution in [2.24, 2.45) is 0 Å². The number of hydrogen-bond donors (Lipinski definition) is 4. The van der Waals surface area contributed by atoms with E-state index in [0.717, 1.165) is 36.6 Å². The molecule has 140 valence electrons. The van der Waals surface area contributed by atoms with E-state index in [1.807, 2.05) is 30.5 Å². The number of amides is 2. The number of carbonyl (C=O) groups is 2. The molecule has 1 aromatic carbocycles. The van der Waals surface area contributed by atoms with Crippen LogP contribution in [0.3, 0.4) is 0 Å². The number of rotatable bonds is 4. The van der Waals surface area contributed by atoms with Crippen LogP contribution in [0.1, 0.15) is 52.2 Å². The summed E-state index contributed by atoms with van der Waals surface area (Å²) >= 11 is 0. The lowest BCUT2D eigenvalue weighted by Gasteiger charge is -2.32. The summed E-state index contributed by atoms with van der Waals surface area (Å²) in [5, 5.41) is 17.4. The number of benzene rings is 1. The molecule has 0 saturated heterocycles. The lowest BCUT2D eigenvalue weighted by atomic mass is 9.89. The van der Waals surface area contributed by atoms with E-state index in [9.17, 15) is 9.59 Å². The monoisotopic (exact) mass is 366 g/mol. The van der Waals surface area contributed by atoms with Crippen molar-refractivity contribution in [1.29, 1.82) is 0 Å². The van der Waals surface area contributed by atoms with Gasteiger partial charge in [0, 0.05) is 23.7 Å². The maximum atomic E-state index is 12.9. The zero-order chi connectivity index (χ0) is 18.8. The van der Waals surface area contributed by atoms with Gasteiger partial charge < -0.3 is 15.6 Å². The molecule has 2 heterocycles. The third-order valence-electron chi connectivity index (χ3n) is 5.17. The predicted molar refractivity (Wildman–Crippen MR) is 100 cm³/mol.